The van der Waals surface area contributed by atoms with Crippen LogP contribution >= 0.6 is 7.82 Å². The van der Waals surface area contributed by atoms with Gasteiger partial charge in [0, 0.05) is 12.8 Å². The van der Waals surface area contributed by atoms with Crippen molar-refractivity contribution in [3.63, 3.8) is 0 Å². The number of hydrogen-bond donors (Lipinski definition) is 3. The van der Waals surface area contributed by atoms with Gasteiger partial charge in [-0.1, -0.05) is 150 Å². The molecule has 0 aliphatic heterocycles. The average Bonchev–Trinajstić information content (AvgIpc) is 3.22. The predicted octanol–water partition coefficient (Wildman–Crippen LogP) is 12.3. The fourth-order valence-electron chi connectivity index (χ4n) is 5.53. The van der Waals surface area contributed by atoms with Gasteiger partial charge in [0.15, 0.2) is 6.10 Å². The Balaban J connectivity index is 4.50. The number of carboxylic acids is 1. The van der Waals surface area contributed by atoms with Crippen molar-refractivity contribution in [3.8, 4) is 0 Å². The molecule has 0 heterocycles. The molecule has 0 aromatic rings. The number of carbonyl (C=O) groups excluding carboxylic acids is 2. The topological polar surface area (TPSA) is 172 Å². The molecule has 342 valence electrons. The molecule has 0 fully saturated rings. The van der Waals surface area contributed by atoms with E-state index < -0.39 is 51.1 Å². The van der Waals surface area contributed by atoms with E-state index in [0.717, 1.165) is 57.8 Å². The van der Waals surface area contributed by atoms with Crippen molar-refractivity contribution in [2.45, 2.75) is 180 Å². The summed E-state index contributed by atoms with van der Waals surface area (Å²) in [7, 11) is -4.74. The molecule has 0 spiro atoms. The Morgan fingerprint density at radius 3 is 1.40 bits per heavy atom. The predicted molar refractivity (Wildman–Crippen MR) is 244 cm³/mol. The minimum Gasteiger partial charge on any atom is -0.480 e. The number of phosphoric acid groups is 1. The van der Waals surface area contributed by atoms with Gasteiger partial charge in [0.25, 0.3) is 0 Å². The summed E-state index contributed by atoms with van der Waals surface area (Å²) in [5.74, 6) is -2.50. The van der Waals surface area contributed by atoms with Gasteiger partial charge in [-0.3, -0.25) is 23.4 Å². The van der Waals surface area contributed by atoms with E-state index in [4.69, 9.17) is 24.8 Å². The molecule has 60 heavy (non-hydrogen) atoms. The highest BCUT2D eigenvalue weighted by Crippen LogP contribution is 2.43. The van der Waals surface area contributed by atoms with Crippen LogP contribution in [0.5, 0.6) is 0 Å². The van der Waals surface area contributed by atoms with Crippen LogP contribution in [-0.4, -0.2) is 59.9 Å². The molecule has 0 saturated carbocycles. The highest BCUT2D eigenvalue weighted by molar-refractivity contribution is 7.47. The van der Waals surface area contributed by atoms with E-state index in [1.807, 2.05) is 12.2 Å². The summed E-state index contributed by atoms with van der Waals surface area (Å²) in [5.41, 5.74) is 5.33. The van der Waals surface area contributed by atoms with Crippen molar-refractivity contribution < 1.29 is 47.5 Å². The molecule has 0 aliphatic rings. The number of unbranched alkanes of at least 4 members (excludes halogenated alkanes) is 13. The number of rotatable bonds is 41. The van der Waals surface area contributed by atoms with Gasteiger partial charge < -0.3 is 25.2 Å². The lowest BCUT2D eigenvalue weighted by molar-refractivity contribution is -0.161. The first-order valence-electron chi connectivity index (χ1n) is 22.6. The van der Waals surface area contributed by atoms with Gasteiger partial charge in [-0.2, -0.15) is 0 Å². The Morgan fingerprint density at radius 2 is 0.900 bits per heavy atom. The fraction of sp³-hybridized carbons (Fsp3) is 0.646. The third-order valence-electron chi connectivity index (χ3n) is 9.12. The zero-order valence-electron chi connectivity index (χ0n) is 37.0. The van der Waals surface area contributed by atoms with E-state index in [2.05, 4.69) is 91.3 Å². The largest absolute Gasteiger partial charge is 0.480 e. The first-order valence-corrected chi connectivity index (χ1v) is 24.1. The molecular formula is C48H80NO10P. The van der Waals surface area contributed by atoms with Crippen molar-refractivity contribution in [3.05, 3.63) is 85.1 Å². The number of esters is 2. The van der Waals surface area contributed by atoms with Crippen LogP contribution in [0.3, 0.4) is 0 Å². The summed E-state index contributed by atoms with van der Waals surface area (Å²) in [5, 5.41) is 8.89. The monoisotopic (exact) mass is 862 g/mol. The first kappa shape index (κ1) is 56.7. The third-order valence-corrected chi connectivity index (χ3v) is 10.1. The van der Waals surface area contributed by atoms with Crippen molar-refractivity contribution in [1.29, 1.82) is 0 Å². The summed E-state index contributed by atoms with van der Waals surface area (Å²) >= 11 is 0. The van der Waals surface area contributed by atoms with Crippen LogP contribution in [0.25, 0.3) is 0 Å². The molecule has 0 amide bonds. The van der Waals surface area contributed by atoms with E-state index in [9.17, 15) is 23.8 Å². The lowest BCUT2D eigenvalue weighted by Gasteiger charge is -2.20. The number of nitrogens with two attached hydrogens (primary N) is 1. The number of hydrogen-bond acceptors (Lipinski definition) is 9. The molecule has 12 heteroatoms. The van der Waals surface area contributed by atoms with Gasteiger partial charge in [-0.15, -0.1) is 0 Å². The second kappa shape index (κ2) is 42.4. The first-order chi connectivity index (χ1) is 29.1. The molecule has 0 aromatic heterocycles. The molecule has 0 radical (unpaired) electrons. The van der Waals surface area contributed by atoms with Gasteiger partial charge in [0.1, 0.15) is 12.6 Å². The lowest BCUT2D eigenvalue weighted by Crippen LogP contribution is -2.34. The summed E-state index contributed by atoms with van der Waals surface area (Å²) in [6.45, 7) is 2.67. The van der Waals surface area contributed by atoms with Gasteiger partial charge in [-0.05, 0) is 89.9 Å². The lowest BCUT2D eigenvalue weighted by atomic mass is 10.1. The number of carboxylic acid groups (broad SMARTS) is 1. The molecule has 4 N–H and O–H groups in total. The number of phosphoric ester groups is 1. The molecule has 1 unspecified atom stereocenters. The van der Waals surface area contributed by atoms with E-state index in [-0.39, 0.29) is 19.4 Å². The van der Waals surface area contributed by atoms with Crippen LogP contribution in [0.1, 0.15) is 168 Å². The number of aliphatic carboxylic acids is 1. The number of allylic oxidation sites excluding steroid dienone is 14. The van der Waals surface area contributed by atoms with Crippen LogP contribution in [0, 0.1) is 0 Å². The summed E-state index contributed by atoms with van der Waals surface area (Å²) in [6, 6.07) is -1.54. The van der Waals surface area contributed by atoms with E-state index in [1.54, 1.807) is 0 Å². The molecule has 0 saturated heterocycles. The summed E-state index contributed by atoms with van der Waals surface area (Å²) in [6.07, 6.45) is 52.2. The number of carbonyl (C=O) groups is 3. The van der Waals surface area contributed by atoms with Crippen molar-refractivity contribution >= 4 is 25.7 Å². The highest BCUT2D eigenvalue weighted by Gasteiger charge is 2.28. The Morgan fingerprint density at radius 1 is 0.517 bits per heavy atom. The Labute approximate surface area is 362 Å². The van der Waals surface area contributed by atoms with Crippen LogP contribution in [0.4, 0.5) is 0 Å². The van der Waals surface area contributed by atoms with Gasteiger partial charge in [0.05, 0.1) is 13.2 Å². The standard InChI is InChI=1S/C48H80NO10P/c1-3-5-7-9-11-13-15-17-19-21-22-24-25-27-29-31-33-35-37-39-46(50)56-41-44(42-57-60(54,55)58-43-45(49)48(52)53)59-47(51)40-38-36-34-32-30-28-26-23-20-18-16-14-12-10-8-6-4-2/h11,13,17-20,22,24,26-29,32,34,44-45H,3-10,12,14-16,21,23,25,30-31,33,35-43,49H2,1-2H3,(H,52,53)(H,54,55)/b13-11-,19-17-,20-18-,24-22-,28-26-,29-27-,34-32-/t44-,45+/m1/s1. The van der Waals surface area contributed by atoms with Crippen LogP contribution in [-0.2, 0) is 37.5 Å². The molecule has 0 rings (SSSR count). The zero-order valence-corrected chi connectivity index (χ0v) is 37.9. The highest BCUT2D eigenvalue weighted by atomic mass is 31.2. The van der Waals surface area contributed by atoms with E-state index in [0.29, 0.717) is 19.3 Å². The van der Waals surface area contributed by atoms with Gasteiger partial charge in [-0.25, -0.2) is 4.57 Å². The minimum absolute atomic E-state index is 0.0776. The SMILES string of the molecule is CCCCC/C=C\C/C=C\C/C=C\C/C=C\CCCCCC(=O)OC[C@H](COP(=O)(O)OC[C@H](N)C(=O)O)OC(=O)CCC/C=C\C/C=C\C/C=C\CCCCCCCC. The molecule has 11 nitrogen and oxygen atoms in total. The Hall–Kier alpha value is -3.34. The van der Waals surface area contributed by atoms with Crippen LogP contribution in [0.15, 0.2) is 85.1 Å². The minimum atomic E-state index is -4.74. The van der Waals surface area contributed by atoms with Crippen LogP contribution < -0.4 is 5.73 Å². The molecule has 0 aliphatic carbocycles. The second-order valence-electron chi connectivity index (χ2n) is 14.8. The van der Waals surface area contributed by atoms with E-state index in [1.165, 1.54) is 64.2 Å². The van der Waals surface area contributed by atoms with Crippen molar-refractivity contribution in [2.24, 2.45) is 5.73 Å². The zero-order chi connectivity index (χ0) is 44.2. The molecule has 0 aromatic carbocycles. The number of ether oxygens (including phenoxy) is 2. The maximum atomic E-state index is 12.6. The van der Waals surface area contributed by atoms with Crippen LogP contribution in [0.2, 0.25) is 0 Å². The van der Waals surface area contributed by atoms with Crippen molar-refractivity contribution in [2.75, 3.05) is 19.8 Å². The average molecular weight is 862 g/mol. The van der Waals surface area contributed by atoms with Gasteiger partial charge >= 0.3 is 25.7 Å². The Kier molecular flexibility index (Phi) is 40.0. The quantitative estimate of drug-likeness (QED) is 0.0231. The smallest absolute Gasteiger partial charge is 0.472 e. The van der Waals surface area contributed by atoms with Gasteiger partial charge in [0.2, 0.25) is 0 Å². The molecule has 3 atom stereocenters. The Bertz CT molecular complexity index is 1340. The third kappa shape index (κ3) is 41.4. The second-order valence-corrected chi connectivity index (χ2v) is 16.3. The van der Waals surface area contributed by atoms with Crippen molar-refractivity contribution in [1.82, 2.24) is 0 Å². The molecule has 0 bridgehead atoms. The maximum absolute atomic E-state index is 12.6. The normalized spacial score (nSPS) is 14.5. The summed E-state index contributed by atoms with van der Waals surface area (Å²) < 4.78 is 32.6. The fourth-order valence-corrected chi connectivity index (χ4v) is 6.31. The van der Waals surface area contributed by atoms with E-state index >= 15 is 0 Å². The summed E-state index contributed by atoms with van der Waals surface area (Å²) in [4.78, 5) is 46.0. The maximum Gasteiger partial charge on any atom is 0.472 e. The molecular weight excluding hydrogens is 781 g/mol.